The second-order valence-electron chi connectivity index (χ2n) is 3.26. The van der Waals surface area contributed by atoms with Crippen LogP contribution in [0.2, 0.25) is 0 Å². The first-order valence-corrected chi connectivity index (χ1v) is 7.93. The lowest BCUT2D eigenvalue weighted by atomic mass is 10.0. The van der Waals surface area contributed by atoms with E-state index >= 15 is 0 Å². The van der Waals surface area contributed by atoms with Gasteiger partial charge in [-0.3, -0.25) is 4.79 Å². The van der Waals surface area contributed by atoms with Crippen molar-refractivity contribution in [3.05, 3.63) is 0 Å². The highest BCUT2D eigenvalue weighted by molar-refractivity contribution is 5.76. The predicted octanol–water partition coefficient (Wildman–Crippen LogP) is 4.78. The minimum absolute atomic E-state index is 0.0310. The summed E-state index contributed by atoms with van der Waals surface area (Å²) < 4.78 is 0. The summed E-state index contributed by atoms with van der Waals surface area (Å²) in [5.74, 6) is 0.0310. The Kier molecular flexibility index (Phi) is 49.8. The smallest absolute Gasteiger partial charge is 0.220 e. The van der Waals surface area contributed by atoms with E-state index in [0.717, 1.165) is 0 Å². The van der Waals surface area contributed by atoms with Crippen LogP contribution in [0, 0.1) is 0 Å². The number of carbonyl (C=O) groups is 1. The van der Waals surface area contributed by atoms with Crippen LogP contribution >= 0.6 is 0 Å². The molecule has 0 aromatic rings. The number of amides is 1. The Morgan fingerprint density at radius 1 is 0.947 bits per heavy atom. The van der Waals surface area contributed by atoms with Crippen LogP contribution < -0.4 is 5.32 Å². The third-order valence-corrected chi connectivity index (χ3v) is 1.54. The van der Waals surface area contributed by atoms with E-state index in [1.807, 2.05) is 76.2 Å². The van der Waals surface area contributed by atoms with Gasteiger partial charge in [0, 0.05) is 18.6 Å². The van der Waals surface area contributed by atoms with Crippen molar-refractivity contribution in [2.24, 2.45) is 0 Å². The molecular weight excluding hydrogens is 238 g/mol. The van der Waals surface area contributed by atoms with Gasteiger partial charge in [-0.25, -0.2) is 0 Å². The second-order valence-corrected chi connectivity index (χ2v) is 3.26. The van der Waals surface area contributed by atoms with E-state index in [1.54, 1.807) is 0 Å². The summed E-state index contributed by atoms with van der Waals surface area (Å²) in [4.78, 5) is 10.9. The Hall–Kier alpha value is -0.570. The van der Waals surface area contributed by atoms with E-state index < -0.39 is 0 Å². The molecular formula is C16H41NO2. The Balaban J connectivity index is -0.0000000693. The normalized spacial score (nSPS) is 7.79. The molecule has 19 heavy (non-hydrogen) atoms. The summed E-state index contributed by atoms with van der Waals surface area (Å²) in [6, 6.07) is 0. The first-order valence-electron chi connectivity index (χ1n) is 7.93. The number of hydrogen-bond acceptors (Lipinski definition) is 2. The molecule has 0 spiro atoms. The van der Waals surface area contributed by atoms with E-state index in [1.165, 1.54) is 0 Å². The third-order valence-electron chi connectivity index (χ3n) is 1.54. The van der Waals surface area contributed by atoms with Gasteiger partial charge in [-0.2, -0.15) is 0 Å². The molecule has 0 bridgehead atoms. The van der Waals surface area contributed by atoms with Gasteiger partial charge in [-0.15, -0.1) is 0 Å². The van der Waals surface area contributed by atoms with Crippen LogP contribution in [0.15, 0.2) is 0 Å². The van der Waals surface area contributed by atoms with Crippen molar-refractivity contribution in [2.45, 2.75) is 94.5 Å². The topological polar surface area (TPSA) is 49.3 Å². The molecule has 122 valence electrons. The first-order chi connectivity index (χ1) is 9.02. The Morgan fingerprint density at radius 3 is 1.47 bits per heavy atom. The molecule has 0 aliphatic carbocycles. The summed E-state index contributed by atoms with van der Waals surface area (Å²) >= 11 is 0. The quantitative estimate of drug-likeness (QED) is 0.778. The Labute approximate surface area is 123 Å². The number of nitrogens with one attached hydrogen (secondary N) is 1. The van der Waals surface area contributed by atoms with Crippen LogP contribution in [0.1, 0.15) is 89.0 Å². The summed E-state index contributed by atoms with van der Waals surface area (Å²) in [6.07, 6.45) is 1.09. The summed E-state index contributed by atoms with van der Waals surface area (Å²) in [6.45, 7) is 21.7. The molecule has 0 atom stereocenters. The highest BCUT2D eigenvalue weighted by Crippen LogP contribution is 2.06. The van der Waals surface area contributed by atoms with E-state index in [4.69, 9.17) is 5.11 Å². The second kappa shape index (κ2) is 30.5. The maximum absolute atomic E-state index is 10.9. The molecule has 0 rings (SSSR count). The lowest BCUT2D eigenvalue weighted by Crippen LogP contribution is -2.43. The van der Waals surface area contributed by atoms with Crippen LogP contribution in [0.25, 0.3) is 0 Å². The largest absolute Gasteiger partial charge is 0.396 e. The van der Waals surface area contributed by atoms with Crippen LogP contribution in [0.5, 0.6) is 0 Å². The summed E-state index contributed by atoms with van der Waals surface area (Å²) in [7, 11) is 0. The SMILES string of the molecule is CC.CC.CC.CC.CCC(=O)NC(C)(C)CCO. The zero-order valence-corrected chi connectivity index (χ0v) is 15.5. The first kappa shape index (κ1) is 31.0. The molecule has 0 heterocycles. The van der Waals surface area contributed by atoms with Crippen molar-refractivity contribution < 1.29 is 9.90 Å². The molecule has 0 saturated carbocycles. The predicted molar refractivity (Wildman–Crippen MR) is 89.6 cm³/mol. The standard InChI is InChI=1S/C8H17NO2.4C2H6/c1-4-7(11)9-8(2,3)5-6-10;4*1-2/h10H,4-6H2,1-3H3,(H,9,11);4*1-2H3. The van der Waals surface area contributed by atoms with Gasteiger partial charge in [0.2, 0.25) is 5.91 Å². The molecule has 3 heteroatoms. The zero-order chi connectivity index (χ0) is 16.9. The molecule has 3 nitrogen and oxygen atoms in total. The van der Waals surface area contributed by atoms with Crippen molar-refractivity contribution in [3.63, 3.8) is 0 Å². The van der Waals surface area contributed by atoms with Crippen molar-refractivity contribution in [3.8, 4) is 0 Å². The molecule has 0 fully saturated rings. The molecule has 1 amide bonds. The van der Waals surface area contributed by atoms with Crippen molar-refractivity contribution in [2.75, 3.05) is 6.61 Å². The minimum Gasteiger partial charge on any atom is -0.396 e. The van der Waals surface area contributed by atoms with Crippen molar-refractivity contribution in [1.82, 2.24) is 5.32 Å². The molecule has 0 unspecified atom stereocenters. The number of carbonyl (C=O) groups excluding carboxylic acids is 1. The molecule has 2 N–H and O–H groups in total. The average Bonchev–Trinajstić information content (AvgIpc) is 2.46. The van der Waals surface area contributed by atoms with Gasteiger partial charge in [-0.05, 0) is 20.3 Å². The number of rotatable bonds is 4. The number of aliphatic hydroxyl groups excluding tert-OH is 1. The lowest BCUT2D eigenvalue weighted by Gasteiger charge is -2.24. The maximum atomic E-state index is 10.9. The Morgan fingerprint density at radius 2 is 1.26 bits per heavy atom. The van der Waals surface area contributed by atoms with Gasteiger partial charge in [0.25, 0.3) is 0 Å². The molecule has 0 aliphatic rings. The fourth-order valence-corrected chi connectivity index (χ4v) is 0.808. The highest BCUT2D eigenvalue weighted by Gasteiger charge is 2.17. The van der Waals surface area contributed by atoms with E-state index in [0.29, 0.717) is 12.8 Å². The number of aliphatic hydroxyl groups is 1. The van der Waals surface area contributed by atoms with Gasteiger partial charge < -0.3 is 10.4 Å². The fraction of sp³-hybridized carbons (Fsp3) is 0.938. The lowest BCUT2D eigenvalue weighted by molar-refractivity contribution is -0.122. The van der Waals surface area contributed by atoms with E-state index in [-0.39, 0.29) is 18.1 Å². The van der Waals surface area contributed by atoms with Crippen molar-refractivity contribution >= 4 is 5.91 Å². The summed E-state index contributed by atoms with van der Waals surface area (Å²) in [5, 5.41) is 11.4. The molecule has 0 aromatic heterocycles. The highest BCUT2D eigenvalue weighted by atomic mass is 16.3. The van der Waals surface area contributed by atoms with Crippen LogP contribution in [-0.4, -0.2) is 23.2 Å². The molecule has 0 saturated heterocycles. The van der Waals surface area contributed by atoms with Gasteiger partial charge in [0.15, 0.2) is 0 Å². The van der Waals surface area contributed by atoms with Gasteiger partial charge >= 0.3 is 0 Å². The van der Waals surface area contributed by atoms with E-state index in [9.17, 15) is 4.79 Å². The molecule has 0 aliphatic heterocycles. The third kappa shape index (κ3) is 38.1. The molecule has 0 radical (unpaired) electrons. The van der Waals surface area contributed by atoms with E-state index in [2.05, 4.69) is 5.32 Å². The molecule has 0 aromatic carbocycles. The Bertz CT molecular complexity index is 135. The van der Waals surface area contributed by atoms with Gasteiger partial charge in [0.05, 0.1) is 0 Å². The van der Waals surface area contributed by atoms with Crippen molar-refractivity contribution in [1.29, 1.82) is 0 Å². The monoisotopic (exact) mass is 279 g/mol. The maximum Gasteiger partial charge on any atom is 0.220 e. The van der Waals surface area contributed by atoms with Crippen LogP contribution in [0.3, 0.4) is 0 Å². The number of hydrogen-bond donors (Lipinski definition) is 2. The summed E-state index contributed by atoms with van der Waals surface area (Å²) in [5.41, 5.74) is -0.276. The van der Waals surface area contributed by atoms with Crippen LogP contribution in [0.4, 0.5) is 0 Å². The van der Waals surface area contributed by atoms with Gasteiger partial charge in [0.1, 0.15) is 0 Å². The fourth-order valence-electron chi connectivity index (χ4n) is 0.808. The zero-order valence-electron chi connectivity index (χ0n) is 15.5. The van der Waals surface area contributed by atoms with Gasteiger partial charge in [-0.1, -0.05) is 62.3 Å². The average molecular weight is 280 g/mol. The van der Waals surface area contributed by atoms with Crippen LogP contribution in [-0.2, 0) is 4.79 Å². The minimum atomic E-state index is -0.276.